The normalized spacial score (nSPS) is 17.3. The van der Waals surface area contributed by atoms with Gasteiger partial charge >= 0.3 is 0 Å². The molecule has 0 saturated heterocycles. The van der Waals surface area contributed by atoms with E-state index in [9.17, 15) is 0 Å². The molecule has 0 aromatic carbocycles. The highest BCUT2D eigenvalue weighted by molar-refractivity contribution is 5.01. The van der Waals surface area contributed by atoms with Crippen molar-refractivity contribution in [2.24, 2.45) is 0 Å². The van der Waals surface area contributed by atoms with Crippen molar-refractivity contribution in [3.63, 3.8) is 0 Å². The molecule has 0 saturated carbocycles. The van der Waals surface area contributed by atoms with Crippen LogP contribution in [0.2, 0.25) is 0 Å². The van der Waals surface area contributed by atoms with E-state index in [-0.39, 0.29) is 0 Å². The Kier molecular flexibility index (Phi) is 1.04. The lowest BCUT2D eigenvalue weighted by Crippen LogP contribution is -2.10. The monoisotopic (exact) mass is 122 g/mol. The standard InChI is InChI=1S/C7H10N2/c1-2-6-9-7(3-1)4-5-8-9/h4-5H,1-3,6H2. The number of hydrogen-bond acceptors (Lipinski definition) is 1. The van der Waals surface area contributed by atoms with Crippen LogP contribution in [0.15, 0.2) is 12.3 Å². The van der Waals surface area contributed by atoms with Gasteiger partial charge in [0.15, 0.2) is 0 Å². The number of fused-ring (bicyclic) bond motifs is 1. The first-order valence-electron chi connectivity index (χ1n) is 3.47. The van der Waals surface area contributed by atoms with Gasteiger partial charge in [-0.3, -0.25) is 4.68 Å². The second-order valence-electron chi connectivity index (χ2n) is 2.50. The van der Waals surface area contributed by atoms with E-state index in [1.54, 1.807) is 0 Å². The minimum Gasteiger partial charge on any atom is -0.270 e. The van der Waals surface area contributed by atoms with Gasteiger partial charge in [0, 0.05) is 18.4 Å². The molecule has 9 heavy (non-hydrogen) atoms. The molecule has 0 atom stereocenters. The Balaban J connectivity index is 2.39. The van der Waals surface area contributed by atoms with Gasteiger partial charge in [-0.05, 0) is 25.3 Å². The molecule has 2 heterocycles. The number of nitrogens with zero attached hydrogens (tertiary/aromatic N) is 2. The smallest absolute Gasteiger partial charge is 0.0492 e. The maximum absolute atomic E-state index is 4.17. The minimum atomic E-state index is 1.13. The highest BCUT2D eigenvalue weighted by atomic mass is 15.3. The molecule has 0 spiro atoms. The predicted octanol–water partition coefficient (Wildman–Crippen LogP) is 1.22. The third-order valence-electron chi connectivity index (χ3n) is 1.86. The van der Waals surface area contributed by atoms with Gasteiger partial charge in [-0.2, -0.15) is 5.10 Å². The number of hydrogen-bond donors (Lipinski definition) is 0. The van der Waals surface area contributed by atoms with Crippen molar-refractivity contribution >= 4 is 0 Å². The van der Waals surface area contributed by atoms with Crippen LogP contribution in [-0.4, -0.2) is 9.78 Å². The zero-order valence-corrected chi connectivity index (χ0v) is 5.38. The fourth-order valence-electron chi connectivity index (χ4n) is 1.34. The van der Waals surface area contributed by atoms with Crippen LogP contribution < -0.4 is 0 Å². The molecule has 1 aliphatic heterocycles. The fraction of sp³-hybridized carbons (Fsp3) is 0.571. The molecular formula is C7H10N2. The van der Waals surface area contributed by atoms with Gasteiger partial charge < -0.3 is 0 Å². The van der Waals surface area contributed by atoms with E-state index in [0.717, 1.165) is 6.54 Å². The van der Waals surface area contributed by atoms with E-state index in [1.165, 1.54) is 25.0 Å². The van der Waals surface area contributed by atoms with Crippen LogP contribution in [0, 0.1) is 0 Å². The third-order valence-corrected chi connectivity index (χ3v) is 1.86. The van der Waals surface area contributed by atoms with Gasteiger partial charge in [0.05, 0.1) is 0 Å². The summed E-state index contributed by atoms with van der Waals surface area (Å²) in [5, 5.41) is 4.17. The topological polar surface area (TPSA) is 17.8 Å². The fourth-order valence-corrected chi connectivity index (χ4v) is 1.34. The third kappa shape index (κ3) is 0.745. The van der Waals surface area contributed by atoms with E-state index in [0.29, 0.717) is 0 Å². The van der Waals surface area contributed by atoms with E-state index >= 15 is 0 Å². The molecular weight excluding hydrogens is 112 g/mol. The van der Waals surface area contributed by atoms with Crippen LogP contribution in [-0.2, 0) is 13.0 Å². The Bertz CT molecular complexity index is 182. The van der Waals surface area contributed by atoms with Gasteiger partial charge in [0.25, 0.3) is 0 Å². The average molecular weight is 122 g/mol. The lowest BCUT2D eigenvalue weighted by Gasteiger charge is -2.11. The number of aryl methyl sites for hydroxylation is 2. The Morgan fingerprint density at radius 2 is 2.44 bits per heavy atom. The van der Waals surface area contributed by atoms with Gasteiger partial charge in [0.1, 0.15) is 0 Å². The Morgan fingerprint density at radius 1 is 1.44 bits per heavy atom. The first kappa shape index (κ1) is 5.03. The molecule has 1 aliphatic rings. The summed E-state index contributed by atoms with van der Waals surface area (Å²) in [4.78, 5) is 0. The van der Waals surface area contributed by atoms with Crippen LogP contribution in [0.3, 0.4) is 0 Å². The summed E-state index contributed by atoms with van der Waals surface area (Å²) >= 11 is 0. The van der Waals surface area contributed by atoms with Gasteiger partial charge in [-0.25, -0.2) is 0 Å². The molecule has 0 bridgehead atoms. The lowest BCUT2D eigenvalue weighted by atomic mass is 10.1. The highest BCUT2D eigenvalue weighted by Gasteiger charge is 2.06. The molecule has 1 aromatic rings. The zero-order chi connectivity index (χ0) is 6.10. The molecule has 0 N–H and O–H groups in total. The van der Waals surface area contributed by atoms with Crippen LogP contribution in [0.4, 0.5) is 0 Å². The summed E-state index contributed by atoms with van der Waals surface area (Å²) in [7, 11) is 0. The number of rotatable bonds is 0. The first-order chi connectivity index (χ1) is 4.47. The highest BCUT2D eigenvalue weighted by Crippen LogP contribution is 2.11. The van der Waals surface area contributed by atoms with Crippen molar-refractivity contribution < 1.29 is 0 Å². The average Bonchev–Trinajstić information content (AvgIpc) is 2.33. The van der Waals surface area contributed by atoms with Gasteiger partial charge in [-0.1, -0.05) is 0 Å². The van der Waals surface area contributed by atoms with Crippen molar-refractivity contribution in [2.75, 3.05) is 0 Å². The summed E-state index contributed by atoms with van der Waals surface area (Å²) in [5.41, 5.74) is 1.40. The Morgan fingerprint density at radius 3 is 3.33 bits per heavy atom. The molecule has 2 heteroatoms. The molecule has 0 aliphatic carbocycles. The summed E-state index contributed by atoms with van der Waals surface area (Å²) in [6.45, 7) is 1.13. The molecule has 0 radical (unpaired) electrons. The zero-order valence-electron chi connectivity index (χ0n) is 5.38. The molecule has 0 amide bonds. The molecule has 0 unspecified atom stereocenters. The molecule has 48 valence electrons. The first-order valence-corrected chi connectivity index (χ1v) is 3.47. The lowest BCUT2D eigenvalue weighted by molar-refractivity contribution is 0.486. The summed E-state index contributed by atoms with van der Waals surface area (Å²) in [6, 6.07) is 2.11. The summed E-state index contributed by atoms with van der Waals surface area (Å²) < 4.78 is 2.10. The second kappa shape index (κ2) is 1.87. The van der Waals surface area contributed by atoms with Crippen LogP contribution >= 0.6 is 0 Å². The van der Waals surface area contributed by atoms with Crippen molar-refractivity contribution in [2.45, 2.75) is 25.8 Å². The van der Waals surface area contributed by atoms with E-state index in [2.05, 4.69) is 15.8 Å². The molecule has 2 rings (SSSR count). The van der Waals surface area contributed by atoms with Gasteiger partial charge in [0.2, 0.25) is 0 Å². The van der Waals surface area contributed by atoms with Crippen molar-refractivity contribution in [3.05, 3.63) is 18.0 Å². The van der Waals surface area contributed by atoms with Crippen LogP contribution in [0.25, 0.3) is 0 Å². The molecule has 2 nitrogen and oxygen atoms in total. The minimum absolute atomic E-state index is 1.13. The van der Waals surface area contributed by atoms with E-state index in [1.807, 2.05) is 6.20 Å². The quantitative estimate of drug-likeness (QED) is 0.506. The van der Waals surface area contributed by atoms with Crippen molar-refractivity contribution in [1.82, 2.24) is 9.78 Å². The van der Waals surface area contributed by atoms with Crippen molar-refractivity contribution in [3.8, 4) is 0 Å². The Hall–Kier alpha value is -0.790. The molecule has 0 fully saturated rings. The van der Waals surface area contributed by atoms with E-state index < -0.39 is 0 Å². The van der Waals surface area contributed by atoms with Crippen LogP contribution in [0.1, 0.15) is 18.5 Å². The van der Waals surface area contributed by atoms with E-state index in [4.69, 9.17) is 0 Å². The summed E-state index contributed by atoms with van der Waals surface area (Å²) in [5.74, 6) is 0. The van der Waals surface area contributed by atoms with Gasteiger partial charge in [-0.15, -0.1) is 0 Å². The number of aromatic nitrogens is 2. The molecule has 1 aromatic heterocycles. The SMILES string of the molecule is c1cc2n(n1)CCCC2. The maximum atomic E-state index is 4.17. The van der Waals surface area contributed by atoms with Crippen LogP contribution in [0.5, 0.6) is 0 Å². The maximum Gasteiger partial charge on any atom is 0.0492 e. The summed E-state index contributed by atoms with van der Waals surface area (Å²) in [6.07, 6.45) is 5.75. The second-order valence-corrected chi connectivity index (χ2v) is 2.50. The predicted molar refractivity (Wildman–Crippen MR) is 35.2 cm³/mol. The van der Waals surface area contributed by atoms with Crippen molar-refractivity contribution in [1.29, 1.82) is 0 Å². The largest absolute Gasteiger partial charge is 0.270 e. The Labute approximate surface area is 54.5 Å².